The summed E-state index contributed by atoms with van der Waals surface area (Å²) >= 11 is 0. The number of para-hydroxylation sites is 1. The Morgan fingerprint density at radius 2 is 1.96 bits per heavy atom. The standard InChI is InChI=1S/C22H27N3O/c1-16-7-5-9-18-14-20(24-21(16)18)22(26)23-15-17-8-6-10-19(13-17)25-11-3-2-4-12-25/h5-10,13,20,24H,2-4,11-12,14-15H2,1H3,(H,23,26). The van der Waals surface area contributed by atoms with Crippen molar-refractivity contribution >= 4 is 17.3 Å². The maximum atomic E-state index is 12.6. The van der Waals surface area contributed by atoms with Gasteiger partial charge in [0.1, 0.15) is 6.04 Å². The molecule has 2 aromatic rings. The maximum Gasteiger partial charge on any atom is 0.243 e. The molecule has 2 aromatic carbocycles. The van der Waals surface area contributed by atoms with Gasteiger partial charge in [-0.1, -0.05) is 30.3 Å². The summed E-state index contributed by atoms with van der Waals surface area (Å²) in [6, 6.07) is 14.6. The summed E-state index contributed by atoms with van der Waals surface area (Å²) in [5, 5.41) is 6.49. The van der Waals surface area contributed by atoms with Gasteiger partial charge in [-0.25, -0.2) is 0 Å². The first kappa shape index (κ1) is 17.0. The van der Waals surface area contributed by atoms with Gasteiger partial charge in [0.25, 0.3) is 0 Å². The number of carbonyl (C=O) groups is 1. The minimum Gasteiger partial charge on any atom is -0.373 e. The SMILES string of the molecule is Cc1cccc2c1NC(C(=O)NCc1cccc(N3CCCCC3)c1)C2. The van der Waals surface area contributed by atoms with Gasteiger partial charge in [-0.2, -0.15) is 0 Å². The molecule has 4 nitrogen and oxygen atoms in total. The van der Waals surface area contributed by atoms with Crippen molar-refractivity contribution in [1.82, 2.24) is 5.32 Å². The Labute approximate surface area is 155 Å². The van der Waals surface area contributed by atoms with E-state index in [1.54, 1.807) is 0 Å². The Kier molecular flexibility index (Phi) is 4.83. The van der Waals surface area contributed by atoms with Gasteiger partial charge < -0.3 is 15.5 Å². The van der Waals surface area contributed by atoms with Crippen molar-refractivity contribution in [1.29, 1.82) is 0 Å². The number of nitrogens with one attached hydrogen (secondary N) is 2. The number of nitrogens with zero attached hydrogens (tertiary/aromatic N) is 1. The lowest BCUT2D eigenvalue weighted by Crippen LogP contribution is -2.38. The Morgan fingerprint density at radius 3 is 2.77 bits per heavy atom. The van der Waals surface area contributed by atoms with Gasteiger partial charge in [-0.3, -0.25) is 4.79 Å². The second-order valence-electron chi connectivity index (χ2n) is 7.45. The number of aryl methyl sites for hydroxylation is 1. The lowest BCUT2D eigenvalue weighted by molar-refractivity contribution is -0.121. The molecule has 0 saturated carbocycles. The molecule has 1 unspecified atom stereocenters. The number of rotatable bonds is 4. The first-order valence-corrected chi connectivity index (χ1v) is 9.67. The molecule has 2 aliphatic rings. The lowest BCUT2D eigenvalue weighted by Gasteiger charge is -2.29. The van der Waals surface area contributed by atoms with Crippen molar-refractivity contribution in [3.63, 3.8) is 0 Å². The maximum absolute atomic E-state index is 12.6. The third-order valence-electron chi connectivity index (χ3n) is 5.52. The quantitative estimate of drug-likeness (QED) is 0.886. The van der Waals surface area contributed by atoms with Crippen LogP contribution in [-0.4, -0.2) is 25.0 Å². The van der Waals surface area contributed by atoms with Crippen molar-refractivity contribution < 1.29 is 4.79 Å². The summed E-state index contributed by atoms with van der Waals surface area (Å²) in [4.78, 5) is 15.1. The van der Waals surface area contributed by atoms with E-state index in [0.29, 0.717) is 6.54 Å². The zero-order chi connectivity index (χ0) is 17.9. The summed E-state index contributed by atoms with van der Waals surface area (Å²) in [7, 11) is 0. The molecule has 2 aliphatic heterocycles. The van der Waals surface area contributed by atoms with E-state index in [4.69, 9.17) is 0 Å². The number of hydrogen-bond donors (Lipinski definition) is 2. The molecule has 1 saturated heterocycles. The van der Waals surface area contributed by atoms with E-state index in [0.717, 1.165) is 30.8 Å². The molecule has 0 bridgehead atoms. The fourth-order valence-electron chi connectivity index (χ4n) is 4.04. The molecule has 0 aromatic heterocycles. The Hall–Kier alpha value is -2.49. The van der Waals surface area contributed by atoms with E-state index < -0.39 is 0 Å². The summed E-state index contributed by atoms with van der Waals surface area (Å²) in [6.45, 7) is 4.94. The molecule has 0 radical (unpaired) electrons. The minimum atomic E-state index is -0.170. The van der Waals surface area contributed by atoms with Crippen LogP contribution >= 0.6 is 0 Å². The number of amides is 1. The van der Waals surface area contributed by atoms with Crippen LogP contribution in [0.3, 0.4) is 0 Å². The first-order chi connectivity index (χ1) is 12.7. The number of piperidine rings is 1. The van der Waals surface area contributed by atoms with Crippen molar-refractivity contribution in [2.45, 2.75) is 45.2 Å². The van der Waals surface area contributed by atoms with Crippen LogP contribution in [0.25, 0.3) is 0 Å². The highest BCUT2D eigenvalue weighted by molar-refractivity contribution is 5.87. The third kappa shape index (κ3) is 3.55. The number of anilines is 2. The second-order valence-corrected chi connectivity index (χ2v) is 7.45. The zero-order valence-electron chi connectivity index (χ0n) is 15.4. The average Bonchev–Trinajstić information content (AvgIpc) is 3.13. The van der Waals surface area contributed by atoms with Crippen LogP contribution in [0.1, 0.15) is 36.0 Å². The molecule has 1 amide bonds. The molecule has 1 atom stereocenters. The molecular weight excluding hydrogens is 322 g/mol. The van der Waals surface area contributed by atoms with E-state index in [-0.39, 0.29) is 11.9 Å². The normalized spacial score (nSPS) is 19.0. The summed E-state index contributed by atoms with van der Waals surface area (Å²) in [6.07, 6.45) is 4.64. The molecule has 2 N–H and O–H groups in total. The first-order valence-electron chi connectivity index (χ1n) is 9.67. The van der Waals surface area contributed by atoms with Crippen LogP contribution in [-0.2, 0) is 17.8 Å². The van der Waals surface area contributed by atoms with E-state index in [9.17, 15) is 4.79 Å². The Bertz CT molecular complexity index is 796. The predicted octanol–water partition coefficient (Wildman–Crippen LogP) is 3.64. The van der Waals surface area contributed by atoms with Gasteiger partial charge in [0, 0.05) is 37.4 Å². The third-order valence-corrected chi connectivity index (χ3v) is 5.52. The van der Waals surface area contributed by atoms with E-state index >= 15 is 0 Å². The van der Waals surface area contributed by atoms with Gasteiger partial charge in [0.15, 0.2) is 0 Å². The predicted molar refractivity (Wildman–Crippen MR) is 107 cm³/mol. The highest BCUT2D eigenvalue weighted by atomic mass is 16.2. The van der Waals surface area contributed by atoms with Crippen molar-refractivity contribution in [2.24, 2.45) is 0 Å². The number of carbonyl (C=O) groups excluding carboxylic acids is 1. The molecule has 4 heteroatoms. The van der Waals surface area contributed by atoms with Gasteiger partial charge >= 0.3 is 0 Å². The molecule has 0 aliphatic carbocycles. The fourth-order valence-corrected chi connectivity index (χ4v) is 4.04. The summed E-state index contributed by atoms with van der Waals surface area (Å²) in [5.41, 5.74) is 6.00. The molecule has 1 fully saturated rings. The van der Waals surface area contributed by atoms with E-state index in [2.05, 4.69) is 64.9 Å². The van der Waals surface area contributed by atoms with Crippen LogP contribution in [0.15, 0.2) is 42.5 Å². The molecule has 26 heavy (non-hydrogen) atoms. The van der Waals surface area contributed by atoms with Crippen molar-refractivity contribution in [3.05, 3.63) is 59.2 Å². The fraction of sp³-hybridized carbons (Fsp3) is 0.409. The van der Waals surface area contributed by atoms with Crippen molar-refractivity contribution in [3.8, 4) is 0 Å². The van der Waals surface area contributed by atoms with E-state index in [1.165, 1.54) is 36.1 Å². The Balaban J connectivity index is 1.36. The molecule has 2 heterocycles. The topological polar surface area (TPSA) is 44.4 Å². The molecule has 136 valence electrons. The highest BCUT2D eigenvalue weighted by Gasteiger charge is 2.27. The zero-order valence-corrected chi connectivity index (χ0v) is 15.4. The summed E-state index contributed by atoms with van der Waals surface area (Å²) in [5.74, 6) is 0.0731. The van der Waals surface area contributed by atoms with Gasteiger partial charge in [-0.05, 0) is 55.0 Å². The number of fused-ring (bicyclic) bond motifs is 1. The van der Waals surface area contributed by atoms with Gasteiger partial charge in [-0.15, -0.1) is 0 Å². The smallest absolute Gasteiger partial charge is 0.243 e. The molecule has 4 rings (SSSR count). The van der Waals surface area contributed by atoms with Crippen LogP contribution < -0.4 is 15.5 Å². The van der Waals surface area contributed by atoms with Crippen LogP contribution in [0.4, 0.5) is 11.4 Å². The van der Waals surface area contributed by atoms with Gasteiger partial charge in [0.2, 0.25) is 5.91 Å². The summed E-state index contributed by atoms with van der Waals surface area (Å²) < 4.78 is 0. The largest absolute Gasteiger partial charge is 0.373 e. The Morgan fingerprint density at radius 1 is 1.15 bits per heavy atom. The van der Waals surface area contributed by atoms with Crippen LogP contribution in [0, 0.1) is 6.92 Å². The number of benzene rings is 2. The van der Waals surface area contributed by atoms with Crippen LogP contribution in [0.2, 0.25) is 0 Å². The molecular formula is C22H27N3O. The number of hydrogen-bond acceptors (Lipinski definition) is 3. The lowest BCUT2D eigenvalue weighted by atomic mass is 10.1. The van der Waals surface area contributed by atoms with Crippen molar-refractivity contribution in [2.75, 3.05) is 23.3 Å². The average molecular weight is 349 g/mol. The molecule has 0 spiro atoms. The highest BCUT2D eigenvalue weighted by Crippen LogP contribution is 2.29. The van der Waals surface area contributed by atoms with Gasteiger partial charge in [0.05, 0.1) is 0 Å². The second kappa shape index (κ2) is 7.40. The monoisotopic (exact) mass is 349 g/mol. The van der Waals surface area contributed by atoms with Crippen LogP contribution in [0.5, 0.6) is 0 Å². The minimum absolute atomic E-state index is 0.0731. The van der Waals surface area contributed by atoms with E-state index in [1.807, 2.05) is 0 Å².